The SMILES string of the molecule is CCCCN(C(=O)NC(=O)CCCC(=O)O)C(C)CC. The van der Waals surface area contributed by atoms with Crippen LogP contribution in [0.15, 0.2) is 0 Å². The average Bonchev–Trinajstić information content (AvgIpc) is 2.38. The molecule has 0 aliphatic rings. The molecule has 6 nitrogen and oxygen atoms in total. The van der Waals surface area contributed by atoms with E-state index >= 15 is 0 Å². The number of unbranched alkanes of at least 4 members (excludes halogenated alkanes) is 1. The number of nitrogens with zero attached hydrogens (tertiary/aromatic N) is 1. The zero-order chi connectivity index (χ0) is 15.5. The van der Waals surface area contributed by atoms with Crippen LogP contribution in [0.1, 0.15) is 59.3 Å². The summed E-state index contributed by atoms with van der Waals surface area (Å²) in [5, 5.41) is 10.8. The number of carbonyl (C=O) groups is 3. The number of imide groups is 1. The molecule has 116 valence electrons. The lowest BCUT2D eigenvalue weighted by atomic mass is 10.2. The van der Waals surface area contributed by atoms with Crippen molar-refractivity contribution in [3.8, 4) is 0 Å². The predicted octanol–water partition coefficient (Wildman–Crippen LogP) is 2.38. The van der Waals surface area contributed by atoms with Gasteiger partial charge in [0.15, 0.2) is 0 Å². The normalized spacial score (nSPS) is 11.8. The van der Waals surface area contributed by atoms with E-state index in [9.17, 15) is 14.4 Å². The van der Waals surface area contributed by atoms with E-state index in [1.54, 1.807) is 4.90 Å². The molecule has 0 spiro atoms. The van der Waals surface area contributed by atoms with Gasteiger partial charge in [0.05, 0.1) is 0 Å². The number of urea groups is 1. The summed E-state index contributed by atoms with van der Waals surface area (Å²) in [6.45, 7) is 6.61. The molecule has 0 saturated heterocycles. The van der Waals surface area contributed by atoms with Gasteiger partial charge in [-0.3, -0.25) is 14.9 Å². The summed E-state index contributed by atoms with van der Waals surface area (Å²) >= 11 is 0. The van der Waals surface area contributed by atoms with Gasteiger partial charge in [0.2, 0.25) is 5.91 Å². The summed E-state index contributed by atoms with van der Waals surface area (Å²) in [6.07, 6.45) is 2.93. The molecule has 0 aromatic heterocycles. The first-order valence-corrected chi connectivity index (χ1v) is 7.24. The van der Waals surface area contributed by atoms with E-state index in [2.05, 4.69) is 5.32 Å². The highest BCUT2D eigenvalue weighted by atomic mass is 16.4. The molecule has 0 heterocycles. The zero-order valence-electron chi connectivity index (χ0n) is 12.6. The maximum absolute atomic E-state index is 12.0. The van der Waals surface area contributed by atoms with Crippen LogP contribution in [-0.2, 0) is 9.59 Å². The molecule has 0 aromatic carbocycles. The average molecular weight is 286 g/mol. The largest absolute Gasteiger partial charge is 0.481 e. The Bertz CT molecular complexity index is 331. The van der Waals surface area contributed by atoms with Gasteiger partial charge in [0.25, 0.3) is 0 Å². The molecule has 0 radical (unpaired) electrons. The summed E-state index contributed by atoms with van der Waals surface area (Å²) in [4.78, 5) is 35.6. The van der Waals surface area contributed by atoms with Gasteiger partial charge in [0, 0.05) is 25.4 Å². The van der Waals surface area contributed by atoms with Crippen molar-refractivity contribution in [3.63, 3.8) is 0 Å². The van der Waals surface area contributed by atoms with Crippen molar-refractivity contribution in [2.24, 2.45) is 0 Å². The van der Waals surface area contributed by atoms with Crippen LogP contribution in [-0.4, -0.2) is 40.5 Å². The minimum Gasteiger partial charge on any atom is -0.481 e. The standard InChI is InChI=1S/C14H26N2O4/c1-4-6-10-16(11(3)5-2)14(20)15-12(17)8-7-9-13(18)19/h11H,4-10H2,1-3H3,(H,18,19)(H,15,17,20). The quantitative estimate of drug-likeness (QED) is 0.681. The van der Waals surface area contributed by atoms with E-state index in [1.165, 1.54) is 0 Å². The Balaban J connectivity index is 4.29. The van der Waals surface area contributed by atoms with Crippen LogP contribution >= 0.6 is 0 Å². The molecule has 0 aliphatic carbocycles. The molecule has 0 fully saturated rings. The number of hydrogen-bond acceptors (Lipinski definition) is 3. The Hall–Kier alpha value is -1.59. The second-order valence-corrected chi connectivity index (χ2v) is 4.90. The molecule has 1 atom stereocenters. The van der Waals surface area contributed by atoms with Gasteiger partial charge in [-0.15, -0.1) is 0 Å². The Morgan fingerprint density at radius 3 is 2.30 bits per heavy atom. The van der Waals surface area contributed by atoms with Gasteiger partial charge in [-0.2, -0.15) is 0 Å². The second-order valence-electron chi connectivity index (χ2n) is 4.90. The van der Waals surface area contributed by atoms with Gasteiger partial charge in [-0.1, -0.05) is 20.3 Å². The Morgan fingerprint density at radius 2 is 1.80 bits per heavy atom. The van der Waals surface area contributed by atoms with Gasteiger partial charge in [-0.25, -0.2) is 4.79 Å². The van der Waals surface area contributed by atoms with Crippen molar-refractivity contribution in [3.05, 3.63) is 0 Å². The van der Waals surface area contributed by atoms with Gasteiger partial charge < -0.3 is 10.0 Å². The molecule has 1 unspecified atom stereocenters. The van der Waals surface area contributed by atoms with Crippen LogP contribution in [0.2, 0.25) is 0 Å². The highest BCUT2D eigenvalue weighted by molar-refractivity contribution is 5.94. The molecule has 6 heteroatoms. The van der Waals surface area contributed by atoms with E-state index in [0.717, 1.165) is 19.3 Å². The summed E-state index contributed by atoms with van der Waals surface area (Å²) in [6, 6.07) is -0.304. The summed E-state index contributed by atoms with van der Waals surface area (Å²) in [5.74, 6) is -1.35. The molecule has 0 aliphatic heterocycles. The highest BCUT2D eigenvalue weighted by Crippen LogP contribution is 2.06. The van der Waals surface area contributed by atoms with Crippen LogP contribution in [0.4, 0.5) is 4.79 Å². The third kappa shape index (κ3) is 7.76. The number of aliphatic carboxylic acids is 1. The number of rotatable bonds is 9. The number of amides is 3. The van der Waals surface area contributed by atoms with E-state index in [-0.39, 0.29) is 31.3 Å². The molecule has 0 aromatic rings. The minimum absolute atomic E-state index is 0.0557. The molecule has 2 N–H and O–H groups in total. The molecular formula is C14H26N2O4. The van der Waals surface area contributed by atoms with Gasteiger partial charge >= 0.3 is 12.0 Å². The van der Waals surface area contributed by atoms with Crippen LogP contribution in [0.25, 0.3) is 0 Å². The molecule has 20 heavy (non-hydrogen) atoms. The first-order valence-electron chi connectivity index (χ1n) is 7.24. The second kappa shape index (κ2) is 10.2. The summed E-state index contributed by atoms with van der Waals surface area (Å²) in [7, 11) is 0. The molecule has 3 amide bonds. The first kappa shape index (κ1) is 18.4. The minimum atomic E-state index is -0.937. The third-order valence-electron chi connectivity index (χ3n) is 3.18. The Morgan fingerprint density at radius 1 is 1.15 bits per heavy atom. The van der Waals surface area contributed by atoms with E-state index in [1.807, 2.05) is 20.8 Å². The Kier molecular flexibility index (Phi) is 9.41. The lowest BCUT2D eigenvalue weighted by Crippen LogP contribution is -2.47. The van der Waals surface area contributed by atoms with Gasteiger partial charge in [0.1, 0.15) is 0 Å². The fourth-order valence-corrected chi connectivity index (χ4v) is 1.72. The monoisotopic (exact) mass is 286 g/mol. The maximum atomic E-state index is 12.0. The topological polar surface area (TPSA) is 86.7 Å². The maximum Gasteiger partial charge on any atom is 0.324 e. The van der Waals surface area contributed by atoms with Gasteiger partial charge in [-0.05, 0) is 26.2 Å². The van der Waals surface area contributed by atoms with Crippen molar-refractivity contribution < 1.29 is 19.5 Å². The molecule has 0 bridgehead atoms. The zero-order valence-corrected chi connectivity index (χ0v) is 12.6. The summed E-state index contributed by atoms with van der Waals surface area (Å²) in [5.41, 5.74) is 0. The van der Waals surface area contributed by atoms with Crippen molar-refractivity contribution in [2.45, 2.75) is 65.3 Å². The fourth-order valence-electron chi connectivity index (χ4n) is 1.72. The fraction of sp³-hybridized carbons (Fsp3) is 0.786. The predicted molar refractivity (Wildman–Crippen MR) is 76.4 cm³/mol. The van der Waals surface area contributed by atoms with E-state index < -0.39 is 11.9 Å². The van der Waals surface area contributed by atoms with Crippen LogP contribution in [0, 0.1) is 0 Å². The molecule has 0 saturated carbocycles. The van der Waals surface area contributed by atoms with E-state index in [0.29, 0.717) is 6.54 Å². The number of nitrogens with one attached hydrogen (secondary N) is 1. The van der Waals surface area contributed by atoms with Crippen molar-refractivity contribution in [1.29, 1.82) is 0 Å². The number of hydrogen-bond donors (Lipinski definition) is 2. The lowest BCUT2D eigenvalue weighted by molar-refractivity contribution is -0.137. The number of carboxylic acids is 1. The Labute approximate surface area is 120 Å². The lowest BCUT2D eigenvalue weighted by Gasteiger charge is -2.28. The van der Waals surface area contributed by atoms with Crippen molar-refractivity contribution in [2.75, 3.05) is 6.54 Å². The third-order valence-corrected chi connectivity index (χ3v) is 3.18. The smallest absolute Gasteiger partial charge is 0.324 e. The van der Waals surface area contributed by atoms with Crippen LogP contribution in [0.3, 0.4) is 0 Å². The molecule has 0 rings (SSSR count). The van der Waals surface area contributed by atoms with Crippen LogP contribution < -0.4 is 5.32 Å². The first-order chi connectivity index (χ1) is 9.42. The van der Waals surface area contributed by atoms with Crippen molar-refractivity contribution in [1.82, 2.24) is 10.2 Å². The number of carboxylic acid groups (broad SMARTS) is 1. The van der Waals surface area contributed by atoms with E-state index in [4.69, 9.17) is 5.11 Å². The van der Waals surface area contributed by atoms with Crippen LogP contribution in [0.5, 0.6) is 0 Å². The summed E-state index contributed by atoms with van der Waals surface area (Å²) < 4.78 is 0. The van der Waals surface area contributed by atoms with Crippen molar-refractivity contribution >= 4 is 17.9 Å². The number of carbonyl (C=O) groups excluding carboxylic acids is 2. The highest BCUT2D eigenvalue weighted by Gasteiger charge is 2.20. The molecular weight excluding hydrogens is 260 g/mol.